The van der Waals surface area contributed by atoms with E-state index >= 15 is 0 Å². The van der Waals surface area contributed by atoms with Crippen molar-refractivity contribution in [2.75, 3.05) is 7.11 Å². The van der Waals surface area contributed by atoms with Crippen molar-refractivity contribution in [3.8, 4) is 5.75 Å². The van der Waals surface area contributed by atoms with Crippen molar-refractivity contribution in [1.82, 2.24) is 9.71 Å². The van der Waals surface area contributed by atoms with Crippen LogP contribution in [-0.4, -0.2) is 20.5 Å². The molecule has 0 aliphatic carbocycles. The minimum absolute atomic E-state index is 0.232. The van der Waals surface area contributed by atoms with Crippen LogP contribution in [0.1, 0.15) is 22.7 Å². The topological polar surface area (TPSA) is 71.2 Å². The van der Waals surface area contributed by atoms with Crippen molar-refractivity contribution < 1.29 is 13.2 Å². The van der Waals surface area contributed by atoms with Crippen LogP contribution >= 0.6 is 0 Å². The minimum Gasteiger partial charge on any atom is -0.497 e. The molecule has 0 radical (unpaired) electrons. The van der Waals surface area contributed by atoms with E-state index in [1.54, 1.807) is 31.4 Å². The predicted molar refractivity (Wildman–Crippen MR) is 115 cm³/mol. The molecule has 0 fully saturated rings. The van der Waals surface area contributed by atoms with Gasteiger partial charge in [0.15, 0.2) is 0 Å². The highest BCUT2D eigenvalue weighted by Gasteiger charge is 2.25. The van der Waals surface area contributed by atoms with Crippen LogP contribution in [0.4, 0.5) is 0 Å². The molecule has 0 aliphatic rings. The number of aromatic nitrogens is 1. The molecule has 3 aromatic carbocycles. The van der Waals surface area contributed by atoms with Crippen molar-refractivity contribution in [3.05, 3.63) is 95.7 Å². The summed E-state index contributed by atoms with van der Waals surface area (Å²) in [4.78, 5) is 3.47. The molecule has 4 aromatic rings. The van der Waals surface area contributed by atoms with E-state index in [4.69, 9.17) is 4.74 Å². The average Bonchev–Trinajstić information content (AvgIpc) is 3.16. The molecule has 29 heavy (non-hydrogen) atoms. The molecule has 0 aliphatic heterocycles. The maximum atomic E-state index is 13.2. The summed E-state index contributed by atoms with van der Waals surface area (Å²) in [6.07, 6.45) is 1.85. The van der Waals surface area contributed by atoms with Crippen LogP contribution in [0.25, 0.3) is 10.9 Å². The fourth-order valence-electron chi connectivity index (χ4n) is 3.41. The van der Waals surface area contributed by atoms with Crippen molar-refractivity contribution in [2.45, 2.75) is 17.9 Å². The van der Waals surface area contributed by atoms with Gasteiger partial charge in [-0.3, -0.25) is 0 Å². The highest BCUT2D eigenvalue weighted by Crippen LogP contribution is 2.32. The summed E-state index contributed by atoms with van der Waals surface area (Å²) in [6.45, 7) is 1.93. The number of nitrogens with one attached hydrogen (secondary N) is 2. The number of fused-ring (bicyclic) bond motifs is 1. The molecule has 4 rings (SSSR count). The lowest BCUT2D eigenvalue weighted by Gasteiger charge is -2.20. The Hall–Kier alpha value is -3.09. The SMILES string of the molecule is COc1cccc([C@@H](NS(=O)(=O)c2ccc(C)cc2)c2c[nH]c3ccccc23)c1. The Morgan fingerprint density at radius 1 is 0.966 bits per heavy atom. The average molecular weight is 407 g/mol. The first kappa shape index (κ1) is 19.2. The fourth-order valence-corrected chi connectivity index (χ4v) is 4.61. The molecule has 2 N–H and O–H groups in total. The van der Waals surface area contributed by atoms with E-state index < -0.39 is 16.1 Å². The van der Waals surface area contributed by atoms with E-state index in [0.29, 0.717) is 5.75 Å². The van der Waals surface area contributed by atoms with Gasteiger partial charge in [0, 0.05) is 17.1 Å². The third-order valence-corrected chi connectivity index (χ3v) is 6.40. The summed E-state index contributed by atoms with van der Waals surface area (Å²) in [5.41, 5.74) is 3.60. The zero-order valence-corrected chi connectivity index (χ0v) is 17.0. The van der Waals surface area contributed by atoms with Crippen LogP contribution in [0, 0.1) is 6.92 Å². The van der Waals surface area contributed by atoms with Gasteiger partial charge in [0.1, 0.15) is 5.75 Å². The number of aromatic amines is 1. The molecule has 0 unspecified atom stereocenters. The summed E-state index contributed by atoms with van der Waals surface area (Å²) < 4.78 is 34.6. The van der Waals surface area contributed by atoms with Gasteiger partial charge in [-0.1, -0.05) is 48.0 Å². The number of para-hydroxylation sites is 1. The van der Waals surface area contributed by atoms with Gasteiger partial charge in [-0.15, -0.1) is 0 Å². The van der Waals surface area contributed by atoms with Crippen molar-refractivity contribution >= 4 is 20.9 Å². The third kappa shape index (κ3) is 3.90. The van der Waals surface area contributed by atoms with E-state index in [0.717, 1.165) is 27.6 Å². The zero-order chi connectivity index (χ0) is 20.4. The Bertz CT molecular complexity index is 1240. The maximum Gasteiger partial charge on any atom is 0.241 e. The molecule has 5 nitrogen and oxygen atoms in total. The quantitative estimate of drug-likeness (QED) is 0.493. The van der Waals surface area contributed by atoms with Crippen molar-refractivity contribution in [1.29, 1.82) is 0 Å². The molecule has 148 valence electrons. The van der Waals surface area contributed by atoms with Crippen molar-refractivity contribution in [3.63, 3.8) is 0 Å². The summed E-state index contributed by atoms with van der Waals surface area (Å²) in [6, 6.07) is 21.5. The molecule has 0 amide bonds. The molecular weight excluding hydrogens is 384 g/mol. The highest BCUT2D eigenvalue weighted by molar-refractivity contribution is 7.89. The van der Waals surface area contributed by atoms with E-state index in [1.165, 1.54) is 0 Å². The number of sulfonamides is 1. The monoisotopic (exact) mass is 406 g/mol. The van der Waals surface area contributed by atoms with Gasteiger partial charge >= 0.3 is 0 Å². The van der Waals surface area contributed by atoms with Gasteiger partial charge < -0.3 is 9.72 Å². The van der Waals surface area contributed by atoms with E-state index in [1.807, 2.05) is 61.7 Å². The van der Waals surface area contributed by atoms with Crippen LogP contribution in [0.5, 0.6) is 5.75 Å². The Morgan fingerprint density at radius 2 is 1.72 bits per heavy atom. The Morgan fingerprint density at radius 3 is 2.48 bits per heavy atom. The van der Waals surface area contributed by atoms with E-state index in [-0.39, 0.29) is 4.90 Å². The molecule has 1 aromatic heterocycles. The molecule has 0 bridgehead atoms. The van der Waals surface area contributed by atoms with E-state index in [2.05, 4.69) is 9.71 Å². The lowest BCUT2D eigenvalue weighted by Crippen LogP contribution is -2.29. The largest absolute Gasteiger partial charge is 0.497 e. The predicted octanol–water partition coefficient (Wildman–Crippen LogP) is 4.55. The van der Waals surface area contributed by atoms with Crippen molar-refractivity contribution in [2.24, 2.45) is 0 Å². The van der Waals surface area contributed by atoms with Crippen LogP contribution in [-0.2, 0) is 10.0 Å². The van der Waals surface area contributed by atoms with Crippen LogP contribution < -0.4 is 9.46 Å². The first-order valence-electron chi connectivity index (χ1n) is 9.27. The number of rotatable bonds is 6. The Balaban J connectivity index is 1.83. The van der Waals surface area contributed by atoms with Crippen LogP contribution in [0.2, 0.25) is 0 Å². The normalized spacial score (nSPS) is 12.8. The number of methoxy groups -OCH3 is 1. The number of ether oxygens (including phenoxy) is 1. The molecule has 1 atom stereocenters. The maximum absolute atomic E-state index is 13.2. The smallest absolute Gasteiger partial charge is 0.241 e. The second kappa shape index (κ2) is 7.73. The highest BCUT2D eigenvalue weighted by atomic mass is 32.2. The molecule has 0 spiro atoms. The fraction of sp³-hybridized carbons (Fsp3) is 0.130. The molecule has 1 heterocycles. The van der Waals surface area contributed by atoms with Gasteiger partial charge in [0.05, 0.1) is 18.0 Å². The Labute approximate surface area is 170 Å². The van der Waals surface area contributed by atoms with Gasteiger partial charge in [0.2, 0.25) is 10.0 Å². The standard InChI is InChI=1S/C23H22N2O3S/c1-16-10-12-19(13-11-16)29(26,27)25-23(17-6-5-7-18(14-17)28-2)21-15-24-22-9-4-3-8-20(21)22/h3-15,23-25H,1-2H3/t23-/m1/s1. The van der Waals surface area contributed by atoms with Gasteiger partial charge in [-0.2, -0.15) is 4.72 Å². The minimum atomic E-state index is -3.74. The summed E-state index contributed by atoms with van der Waals surface area (Å²) in [5, 5.41) is 0.965. The zero-order valence-electron chi connectivity index (χ0n) is 16.2. The summed E-state index contributed by atoms with van der Waals surface area (Å²) in [7, 11) is -2.15. The molecule has 0 saturated carbocycles. The van der Waals surface area contributed by atoms with Gasteiger partial charge in [-0.25, -0.2) is 8.42 Å². The number of hydrogen-bond acceptors (Lipinski definition) is 3. The second-order valence-corrected chi connectivity index (χ2v) is 8.65. The molecule has 0 saturated heterocycles. The second-order valence-electron chi connectivity index (χ2n) is 6.93. The summed E-state index contributed by atoms with van der Waals surface area (Å²) >= 11 is 0. The molecule has 6 heteroatoms. The van der Waals surface area contributed by atoms with E-state index in [9.17, 15) is 8.42 Å². The number of H-pyrrole nitrogens is 1. The van der Waals surface area contributed by atoms with Crippen LogP contribution in [0.15, 0.2) is 83.9 Å². The molecular formula is C23H22N2O3S. The first-order valence-corrected chi connectivity index (χ1v) is 10.8. The third-order valence-electron chi connectivity index (χ3n) is 4.96. The first-order chi connectivity index (χ1) is 14.0. The van der Waals surface area contributed by atoms with Crippen LogP contribution in [0.3, 0.4) is 0 Å². The lowest BCUT2D eigenvalue weighted by molar-refractivity contribution is 0.414. The number of hydrogen-bond donors (Lipinski definition) is 2. The Kier molecular flexibility index (Phi) is 5.13. The number of aryl methyl sites for hydroxylation is 1. The van der Waals surface area contributed by atoms with Gasteiger partial charge in [-0.05, 0) is 48.4 Å². The number of benzene rings is 3. The summed E-state index contributed by atoms with van der Waals surface area (Å²) in [5.74, 6) is 0.668. The lowest BCUT2D eigenvalue weighted by atomic mass is 9.99. The van der Waals surface area contributed by atoms with Gasteiger partial charge in [0.25, 0.3) is 0 Å².